The average Bonchev–Trinajstić information content (AvgIpc) is 2.32. The highest BCUT2D eigenvalue weighted by Gasteiger charge is 2.15. The van der Waals surface area contributed by atoms with Crippen LogP contribution in [0.3, 0.4) is 0 Å². The zero-order valence-corrected chi connectivity index (χ0v) is 15.6. The van der Waals surface area contributed by atoms with E-state index in [2.05, 4.69) is 74.3 Å². The fourth-order valence-corrected chi connectivity index (χ4v) is 2.09. The first kappa shape index (κ1) is 17.4. The molecule has 0 aromatic heterocycles. The Balaban J connectivity index is 3.34. The Bertz CT molecular complexity index is 579. The number of nitrogens with zero attached hydrogens (tertiary/aromatic N) is 3. The molecule has 0 saturated heterocycles. The van der Waals surface area contributed by atoms with E-state index in [0.29, 0.717) is 0 Å². The van der Waals surface area contributed by atoms with Crippen molar-refractivity contribution in [2.45, 2.75) is 45.8 Å². The molecule has 0 saturated carbocycles. The summed E-state index contributed by atoms with van der Waals surface area (Å²) in [7, 11) is 2.31. The third-order valence-electron chi connectivity index (χ3n) is 2.77. The second kappa shape index (κ2) is 6.44. The molecule has 1 rings (SSSR count). The number of hydrogen-bond acceptors (Lipinski definition) is 2. The first-order chi connectivity index (χ1) is 9.49. The summed E-state index contributed by atoms with van der Waals surface area (Å²) in [4.78, 5) is 0. The van der Waals surface area contributed by atoms with Crippen molar-refractivity contribution in [1.29, 1.82) is 0 Å². The number of hydrogen-bond donors (Lipinski definition) is 0. The Labute approximate surface area is 130 Å². The summed E-state index contributed by atoms with van der Waals surface area (Å²) >= 11 is 0. The lowest BCUT2D eigenvalue weighted by atomic mass is 9.86. The van der Waals surface area contributed by atoms with Crippen LogP contribution in [0.15, 0.2) is 28.5 Å². The van der Waals surface area contributed by atoms with Gasteiger partial charge in [0.15, 0.2) is 0 Å². The summed E-state index contributed by atoms with van der Waals surface area (Å²) in [6.45, 7) is 13.4. The van der Waals surface area contributed by atoms with Crippen molar-refractivity contribution in [3.63, 3.8) is 0 Å². The molecule has 0 unspecified atom stereocenters. The minimum absolute atomic E-state index is 0.104. The van der Waals surface area contributed by atoms with E-state index in [1.807, 2.05) is 20.2 Å². The molecule has 114 valence electrons. The Hall–Kier alpha value is -1.60. The molecule has 0 atom stereocenters. The summed E-state index contributed by atoms with van der Waals surface area (Å²) in [5, 5.41) is 10.1. The van der Waals surface area contributed by atoms with Crippen molar-refractivity contribution >= 4 is 13.8 Å². The topological polar surface area (TPSA) is 28.0 Å². The van der Waals surface area contributed by atoms with Gasteiger partial charge in [0.05, 0.1) is 5.56 Å². The van der Waals surface area contributed by atoms with Gasteiger partial charge in [-0.3, -0.25) is 5.01 Å². The van der Waals surface area contributed by atoms with Crippen LogP contribution in [-0.2, 0) is 5.41 Å². The van der Waals surface area contributed by atoms with Crippen molar-refractivity contribution in [2.75, 3.05) is 14.1 Å². The highest BCUT2D eigenvalue weighted by atomic mass is 28.3. The molecule has 0 fully saturated rings. The quantitative estimate of drug-likeness (QED) is 0.334. The highest BCUT2D eigenvalue weighted by molar-refractivity contribution is 6.83. The van der Waals surface area contributed by atoms with Crippen molar-refractivity contribution in [1.82, 2.24) is 5.01 Å². The maximum absolute atomic E-state index is 4.29. The molecule has 0 aliphatic rings. The van der Waals surface area contributed by atoms with Crippen LogP contribution < -0.4 is 0 Å². The van der Waals surface area contributed by atoms with Crippen LogP contribution in [0.5, 0.6) is 0 Å². The number of benzene rings is 1. The zero-order chi connectivity index (χ0) is 16.3. The van der Waals surface area contributed by atoms with Crippen LogP contribution >= 0.6 is 0 Å². The van der Waals surface area contributed by atoms with E-state index in [1.165, 1.54) is 5.56 Å². The second-order valence-electron chi connectivity index (χ2n) is 7.52. The maximum atomic E-state index is 4.29. The SMILES string of the molecule is CN(C)N=Nc1ccc(C(C)(C)C)cc1C#C[Si](C)(C)C. The lowest BCUT2D eigenvalue weighted by Gasteiger charge is -2.19. The van der Waals surface area contributed by atoms with Crippen molar-refractivity contribution < 1.29 is 0 Å². The van der Waals surface area contributed by atoms with E-state index in [9.17, 15) is 0 Å². The van der Waals surface area contributed by atoms with E-state index in [1.54, 1.807) is 5.01 Å². The number of rotatable bonds is 2. The second-order valence-corrected chi connectivity index (χ2v) is 12.3. The van der Waals surface area contributed by atoms with Gasteiger partial charge in [0.1, 0.15) is 13.8 Å². The summed E-state index contributed by atoms with van der Waals surface area (Å²) in [6, 6.07) is 6.28. The van der Waals surface area contributed by atoms with Crippen LogP contribution in [0.1, 0.15) is 31.9 Å². The molecule has 0 bridgehead atoms. The largest absolute Gasteiger partial charge is 0.285 e. The van der Waals surface area contributed by atoms with Gasteiger partial charge in [0.2, 0.25) is 0 Å². The van der Waals surface area contributed by atoms with Gasteiger partial charge in [-0.2, -0.15) is 0 Å². The van der Waals surface area contributed by atoms with Crippen LogP contribution in [0, 0.1) is 11.5 Å². The first-order valence-electron chi connectivity index (χ1n) is 7.26. The Morgan fingerprint density at radius 2 is 1.71 bits per heavy atom. The molecular formula is C17H27N3Si. The molecule has 1 aromatic carbocycles. The lowest BCUT2D eigenvalue weighted by Crippen LogP contribution is -2.16. The molecule has 0 heterocycles. The normalized spacial score (nSPS) is 12.2. The Morgan fingerprint density at radius 3 is 2.19 bits per heavy atom. The highest BCUT2D eigenvalue weighted by Crippen LogP contribution is 2.28. The molecule has 3 nitrogen and oxygen atoms in total. The van der Waals surface area contributed by atoms with E-state index >= 15 is 0 Å². The minimum Gasteiger partial charge on any atom is -0.285 e. The minimum atomic E-state index is -1.41. The third-order valence-corrected chi connectivity index (χ3v) is 3.64. The molecule has 0 spiro atoms. The van der Waals surface area contributed by atoms with Crippen LogP contribution in [0.2, 0.25) is 19.6 Å². The van der Waals surface area contributed by atoms with Crippen LogP contribution in [-0.4, -0.2) is 27.2 Å². The van der Waals surface area contributed by atoms with Gasteiger partial charge in [-0.05, 0) is 23.1 Å². The fraction of sp³-hybridized carbons (Fsp3) is 0.529. The van der Waals surface area contributed by atoms with Gasteiger partial charge in [-0.1, -0.05) is 57.6 Å². The van der Waals surface area contributed by atoms with Gasteiger partial charge in [-0.15, -0.1) is 10.7 Å². The summed E-state index contributed by atoms with van der Waals surface area (Å²) in [6.07, 6.45) is 0. The molecule has 1 aromatic rings. The average molecular weight is 302 g/mol. The van der Waals surface area contributed by atoms with E-state index in [0.717, 1.165) is 11.3 Å². The predicted molar refractivity (Wildman–Crippen MR) is 93.6 cm³/mol. The molecular weight excluding hydrogens is 274 g/mol. The molecule has 0 amide bonds. The molecule has 0 aliphatic carbocycles. The van der Waals surface area contributed by atoms with Gasteiger partial charge in [0.25, 0.3) is 0 Å². The summed E-state index contributed by atoms with van der Waals surface area (Å²) in [5.74, 6) is 3.33. The van der Waals surface area contributed by atoms with Crippen molar-refractivity contribution in [2.24, 2.45) is 10.3 Å². The summed E-state index contributed by atoms with van der Waals surface area (Å²) < 4.78 is 0. The van der Waals surface area contributed by atoms with Crippen molar-refractivity contribution in [3.8, 4) is 11.5 Å². The van der Waals surface area contributed by atoms with Crippen LogP contribution in [0.4, 0.5) is 5.69 Å². The fourth-order valence-electron chi connectivity index (χ4n) is 1.58. The summed E-state index contributed by atoms with van der Waals surface area (Å²) in [5.41, 5.74) is 6.60. The zero-order valence-electron chi connectivity index (χ0n) is 14.6. The van der Waals surface area contributed by atoms with E-state index < -0.39 is 8.07 Å². The molecule has 0 aliphatic heterocycles. The Morgan fingerprint density at radius 1 is 1.10 bits per heavy atom. The molecule has 0 radical (unpaired) electrons. The van der Waals surface area contributed by atoms with Gasteiger partial charge < -0.3 is 0 Å². The van der Waals surface area contributed by atoms with E-state index in [4.69, 9.17) is 0 Å². The standard InChI is InChI=1S/C17H27N3Si/c1-17(2,3)15-9-10-16(18-19-20(4)5)14(13-15)11-12-21(6,7)8/h9-10,13H,1-8H3. The van der Waals surface area contributed by atoms with Crippen LogP contribution in [0.25, 0.3) is 0 Å². The molecule has 0 N–H and O–H groups in total. The van der Waals surface area contributed by atoms with Gasteiger partial charge in [0, 0.05) is 14.1 Å². The monoisotopic (exact) mass is 301 g/mol. The lowest BCUT2D eigenvalue weighted by molar-refractivity contribution is 0.408. The molecule has 21 heavy (non-hydrogen) atoms. The first-order valence-corrected chi connectivity index (χ1v) is 10.8. The van der Waals surface area contributed by atoms with Gasteiger partial charge in [-0.25, -0.2) is 0 Å². The van der Waals surface area contributed by atoms with E-state index in [-0.39, 0.29) is 5.41 Å². The van der Waals surface area contributed by atoms with Gasteiger partial charge >= 0.3 is 0 Å². The van der Waals surface area contributed by atoms with Crippen molar-refractivity contribution in [3.05, 3.63) is 29.3 Å². The smallest absolute Gasteiger partial charge is 0.129 e. The Kier molecular flexibility index (Phi) is 5.35. The maximum Gasteiger partial charge on any atom is 0.129 e. The molecule has 4 heteroatoms. The predicted octanol–water partition coefficient (Wildman–Crippen LogP) is 4.77. The third kappa shape index (κ3) is 6.13.